The van der Waals surface area contributed by atoms with Gasteiger partial charge in [-0.05, 0) is 37.4 Å². The first-order chi connectivity index (χ1) is 12.6. The lowest BCUT2D eigenvalue weighted by molar-refractivity contribution is -0.127. The predicted molar refractivity (Wildman–Crippen MR) is 97.9 cm³/mol. The minimum absolute atomic E-state index is 0.0424. The highest BCUT2D eigenvalue weighted by molar-refractivity contribution is 6.01. The Morgan fingerprint density at radius 3 is 2.77 bits per heavy atom. The minimum Gasteiger partial charge on any atom is -0.493 e. The third-order valence-corrected chi connectivity index (χ3v) is 7.77. The second-order valence-electron chi connectivity index (χ2n) is 8.54. The molecular formula is C21H24N2O3. The van der Waals surface area contributed by atoms with Crippen molar-refractivity contribution in [1.29, 1.82) is 0 Å². The molecule has 0 radical (unpaired) electrons. The number of hydrogen-bond acceptors (Lipinski definition) is 4. The van der Waals surface area contributed by atoms with Gasteiger partial charge < -0.3 is 14.4 Å². The number of anilines is 1. The summed E-state index contributed by atoms with van der Waals surface area (Å²) < 4.78 is 11.1. The number of carbonyl (C=O) groups excluding carboxylic acids is 1. The van der Waals surface area contributed by atoms with Crippen molar-refractivity contribution >= 4 is 11.6 Å². The zero-order valence-corrected chi connectivity index (χ0v) is 15.3. The molecule has 136 valence electrons. The highest BCUT2D eigenvalue weighted by Crippen LogP contribution is 2.69. The van der Waals surface area contributed by atoms with E-state index in [1.807, 2.05) is 6.07 Å². The Kier molecular flexibility index (Phi) is 2.69. The van der Waals surface area contributed by atoms with Gasteiger partial charge in [-0.15, -0.1) is 0 Å². The highest BCUT2D eigenvalue weighted by atomic mass is 16.5. The highest BCUT2D eigenvalue weighted by Gasteiger charge is 2.73. The Morgan fingerprint density at radius 1 is 1.15 bits per heavy atom. The number of nitrogens with zero attached hydrogens (tertiary/aromatic N) is 2. The largest absolute Gasteiger partial charge is 0.493 e. The molecule has 1 aromatic rings. The molecule has 5 aliphatic rings. The van der Waals surface area contributed by atoms with Crippen LogP contribution < -0.4 is 14.4 Å². The molecule has 26 heavy (non-hydrogen) atoms. The van der Waals surface area contributed by atoms with Crippen molar-refractivity contribution in [2.45, 2.75) is 43.2 Å². The molecule has 1 spiro atoms. The first kappa shape index (κ1) is 15.1. The van der Waals surface area contributed by atoms with Crippen LogP contribution in [0.1, 0.15) is 37.2 Å². The van der Waals surface area contributed by atoms with Crippen LogP contribution in [0.4, 0.5) is 5.69 Å². The molecule has 0 unspecified atom stereocenters. The monoisotopic (exact) mass is 352 g/mol. The zero-order valence-electron chi connectivity index (χ0n) is 15.3. The van der Waals surface area contributed by atoms with Gasteiger partial charge in [-0.2, -0.15) is 0 Å². The van der Waals surface area contributed by atoms with Gasteiger partial charge in [0.15, 0.2) is 11.5 Å². The zero-order chi connectivity index (χ0) is 17.7. The van der Waals surface area contributed by atoms with E-state index in [1.54, 1.807) is 14.2 Å². The van der Waals surface area contributed by atoms with Crippen molar-refractivity contribution in [1.82, 2.24) is 4.90 Å². The van der Waals surface area contributed by atoms with Gasteiger partial charge in [0.25, 0.3) is 0 Å². The van der Waals surface area contributed by atoms with Gasteiger partial charge in [0.1, 0.15) is 0 Å². The van der Waals surface area contributed by atoms with Gasteiger partial charge in [0, 0.05) is 36.4 Å². The maximum absolute atomic E-state index is 13.4. The lowest BCUT2D eigenvalue weighted by Gasteiger charge is -2.59. The van der Waals surface area contributed by atoms with Crippen molar-refractivity contribution in [2.75, 3.05) is 32.2 Å². The van der Waals surface area contributed by atoms with Crippen molar-refractivity contribution in [2.24, 2.45) is 5.41 Å². The van der Waals surface area contributed by atoms with Crippen LogP contribution in [0.2, 0.25) is 0 Å². The number of amides is 1. The third-order valence-electron chi connectivity index (χ3n) is 7.77. The van der Waals surface area contributed by atoms with Crippen molar-refractivity contribution in [3.05, 3.63) is 29.8 Å². The summed E-state index contributed by atoms with van der Waals surface area (Å²) in [5.41, 5.74) is 2.30. The number of piperidine rings is 2. The van der Waals surface area contributed by atoms with Crippen LogP contribution in [0.25, 0.3) is 0 Å². The van der Waals surface area contributed by atoms with E-state index < -0.39 is 0 Å². The lowest BCUT2D eigenvalue weighted by atomic mass is 9.63. The van der Waals surface area contributed by atoms with Gasteiger partial charge >= 0.3 is 0 Å². The number of hydrogen-bond donors (Lipinski definition) is 0. The number of rotatable bonds is 2. The van der Waals surface area contributed by atoms with Crippen LogP contribution in [0.5, 0.6) is 11.5 Å². The van der Waals surface area contributed by atoms with E-state index in [0.717, 1.165) is 43.8 Å². The second-order valence-corrected chi connectivity index (χ2v) is 8.54. The topological polar surface area (TPSA) is 42.0 Å². The number of methoxy groups -OCH3 is 2. The van der Waals surface area contributed by atoms with Crippen LogP contribution >= 0.6 is 0 Å². The Morgan fingerprint density at radius 2 is 1.96 bits per heavy atom. The second kappa shape index (κ2) is 4.63. The molecule has 5 heteroatoms. The molecule has 2 saturated heterocycles. The molecule has 2 bridgehead atoms. The van der Waals surface area contributed by atoms with Gasteiger partial charge in [-0.1, -0.05) is 12.2 Å². The van der Waals surface area contributed by atoms with Crippen LogP contribution in [0.15, 0.2) is 24.3 Å². The van der Waals surface area contributed by atoms with Crippen LogP contribution in [0.3, 0.4) is 0 Å². The number of carbonyl (C=O) groups is 1. The molecule has 4 heterocycles. The van der Waals surface area contributed by atoms with Crippen LogP contribution in [-0.4, -0.2) is 49.7 Å². The first-order valence-corrected chi connectivity index (χ1v) is 9.65. The van der Waals surface area contributed by atoms with E-state index in [4.69, 9.17) is 9.47 Å². The van der Waals surface area contributed by atoms with Crippen molar-refractivity contribution in [3.8, 4) is 11.5 Å². The van der Waals surface area contributed by atoms with Gasteiger partial charge in [0.2, 0.25) is 5.91 Å². The molecule has 1 aliphatic carbocycles. The Balaban J connectivity index is 1.62. The summed E-state index contributed by atoms with van der Waals surface area (Å²) in [6.45, 7) is 2.13. The molecule has 3 fully saturated rings. The number of benzene rings is 1. The van der Waals surface area contributed by atoms with Gasteiger partial charge in [-0.25, -0.2) is 0 Å². The van der Waals surface area contributed by atoms with Crippen molar-refractivity contribution < 1.29 is 14.3 Å². The maximum Gasteiger partial charge on any atom is 0.228 e. The van der Waals surface area contributed by atoms with Gasteiger partial charge in [0.05, 0.1) is 25.4 Å². The summed E-state index contributed by atoms with van der Waals surface area (Å²) >= 11 is 0. The summed E-state index contributed by atoms with van der Waals surface area (Å²) in [5.74, 6) is 2.16. The maximum atomic E-state index is 13.4. The van der Waals surface area contributed by atoms with E-state index >= 15 is 0 Å². The molecule has 4 aliphatic heterocycles. The lowest BCUT2D eigenvalue weighted by Crippen LogP contribution is -2.72. The average molecular weight is 352 g/mol. The SMILES string of the molecule is COc1cc2c(cc1OC)N1C(=O)C[C@]34C=CCN5CC[C@@H]2[C@]1(CC3)[C@@H]54. The summed E-state index contributed by atoms with van der Waals surface area (Å²) in [6.07, 6.45) is 8.62. The van der Waals surface area contributed by atoms with Gasteiger partial charge in [-0.3, -0.25) is 9.69 Å². The number of fused-ring (bicyclic) bond motifs is 3. The molecule has 6 rings (SSSR count). The smallest absolute Gasteiger partial charge is 0.228 e. The van der Waals surface area contributed by atoms with Crippen molar-refractivity contribution in [3.63, 3.8) is 0 Å². The summed E-state index contributed by atoms with van der Waals surface area (Å²) in [5, 5.41) is 0. The van der Waals surface area contributed by atoms with E-state index in [9.17, 15) is 4.79 Å². The molecule has 5 nitrogen and oxygen atoms in total. The fraction of sp³-hybridized carbons (Fsp3) is 0.571. The molecular weight excluding hydrogens is 328 g/mol. The summed E-state index contributed by atoms with van der Waals surface area (Å²) in [7, 11) is 3.35. The fourth-order valence-electron chi connectivity index (χ4n) is 7.08. The Labute approximate surface area is 153 Å². The average Bonchev–Trinajstić information content (AvgIpc) is 3.10. The number of ether oxygens (including phenoxy) is 2. The summed E-state index contributed by atoms with van der Waals surface area (Å²) in [4.78, 5) is 18.2. The molecule has 1 amide bonds. The standard InChI is InChI=1S/C21H24N2O3/c1-25-16-10-13-14-4-9-22-8-3-5-20-6-7-21(14,19(20)22)23(18(24)12-20)15(13)11-17(16)26-2/h3,5,10-11,14,19H,4,6-9,12H2,1-2H3/t14-,19-,20-,21+/m0/s1. The van der Waals surface area contributed by atoms with E-state index in [-0.39, 0.29) is 16.9 Å². The predicted octanol–water partition coefficient (Wildman–Crippen LogP) is 2.70. The molecule has 1 aromatic carbocycles. The fourth-order valence-corrected chi connectivity index (χ4v) is 7.08. The van der Waals surface area contributed by atoms with E-state index in [0.29, 0.717) is 24.1 Å². The molecule has 0 aromatic heterocycles. The van der Waals surface area contributed by atoms with Crippen LogP contribution in [-0.2, 0) is 4.79 Å². The van der Waals surface area contributed by atoms with E-state index in [1.165, 1.54) is 5.56 Å². The quantitative estimate of drug-likeness (QED) is 0.768. The molecule has 4 atom stereocenters. The van der Waals surface area contributed by atoms with Crippen LogP contribution in [0, 0.1) is 5.41 Å². The van der Waals surface area contributed by atoms with E-state index in [2.05, 4.69) is 28.0 Å². The summed E-state index contributed by atoms with van der Waals surface area (Å²) in [6, 6.07) is 4.61. The first-order valence-electron chi connectivity index (χ1n) is 9.65. The Bertz CT molecular complexity index is 865. The Hall–Kier alpha value is -2.01. The third kappa shape index (κ3) is 1.44. The molecule has 1 saturated carbocycles. The minimum atomic E-state index is -0.0853. The normalized spacial score (nSPS) is 39.0. The molecule has 0 N–H and O–H groups in total.